The minimum Gasteiger partial charge on any atom is -0.362 e. The molecule has 0 amide bonds. The van der Waals surface area contributed by atoms with Crippen molar-refractivity contribution in [3.63, 3.8) is 0 Å². The van der Waals surface area contributed by atoms with Crippen LogP contribution in [0.4, 0.5) is 0 Å². The van der Waals surface area contributed by atoms with Gasteiger partial charge in [-0.2, -0.15) is 0 Å². The number of hydrogen-bond acceptors (Lipinski definition) is 4. The fourth-order valence-electron chi connectivity index (χ4n) is 1.45. The highest BCUT2D eigenvalue weighted by molar-refractivity contribution is 5.87. The fourth-order valence-corrected chi connectivity index (χ4v) is 1.45. The van der Waals surface area contributed by atoms with Gasteiger partial charge < -0.3 is 15.1 Å². The monoisotopic (exact) mass is 142 g/mol. The molecule has 4 nitrogen and oxygen atoms in total. The molecule has 0 aromatic carbocycles. The van der Waals surface area contributed by atoms with Crippen LogP contribution in [0, 0.1) is 0 Å². The van der Waals surface area contributed by atoms with E-state index in [1.807, 2.05) is 4.90 Å². The normalized spacial score (nSPS) is 30.1. The molecule has 2 aliphatic heterocycles. The SMILES string of the molecule is OC(O)C1=NCC2CCN12. The van der Waals surface area contributed by atoms with Gasteiger partial charge in [0.15, 0.2) is 5.84 Å². The zero-order valence-electron chi connectivity index (χ0n) is 5.56. The summed E-state index contributed by atoms with van der Waals surface area (Å²) < 4.78 is 0. The van der Waals surface area contributed by atoms with E-state index < -0.39 is 6.29 Å². The Bertz CT molecular complexity index is 179. The third kappa shape index (κ3) is 0.660. The van der Waals surface area contributed by atoms with Crippen LogP contribution >= 0.6 is 0 Å². The molecule has 10 heavy (non-hydrogen) atoms. The van der Waals surface area contributed by atoms with Crippen molar-refractivity contribution in [1.29, 1.82) is 0 Å². The van der Waals surface area contributed by atoms with Crippen molar-refractivity contribution in [3.05, 3.63) is 0 Å². The number of amidine groups is 1. The minimum absolute atomic E-state index is 0.455. The molecule has 2 rings (SSSR count). The van der Waals surface area contributed by atoms with E-state index in [2.05, 4.69) is 4.99 Å². The zero-order valence-corrected chi connectivity index (χ0v) is 5.56. The molecular weight excluding hydrogens is 132 g/mol. The summed E-state index contributed by atoms with van der Waals surface area (Å²) in [5.74, 6) is 0.455. The molecule has 0 aliphatic carbocycles. The summed E-state index contributed by atoms with van der Waals surface area (Å²) in [6.45, 7) is 1.67. The van der Waals surface area contributed by atoms with Crippen LogP contribution in [-0.4, -0.2) is 46.4 Å². The van der Waals surface area contributed by atoms with Gasteiger partial charge in [0.05, 0.1) is 12.6 Å². The number of fused-ring (bicyclic) bond motifs is 1. The van der Waals surface area contributed by atoms with Crippen LogP contribution in [0.15, 0.2) is 4.99 Å². The van der Waals surface area contributed by atoms with Gasteiger partial charge in [-0.3, -0.25) is 4.99 Å². The van der Waals surface area contributed by atoms with Crippen molar-refractivity contribution >= 4 is 5.84 Å². The van der Waals surface area contributed by atoms with Gasteiger partial charge in [-0.05, 0) is 6.42 Å². The van der Waals surface area contributed by atoms with Crippen molar-refractivity contribution in [1.82, 2.24) is 4.90 Å². The quantitative estimate of drug-likeness (QED) is 0.451. The molecule has 1 atom stereocenters. The number of nitrogens with zero attached hydrogens (tertiary/aromatic N) is 2. The second kappa shape index (κ2) is 1.93. The van der Waals surface area contributed by atoms with Gasteiger partial charge in [0.2, 0.25) is 6.29 Å². The summed E-state index contributed by atoms with van der Waals surface area (Å²) in [4.78, 5) is 5.95. The summed E-state index contributed by atoms with van der Waals surface area (Å²) in [5, 5.41) is 17.5. The topological polar surface area (TPSA) is 56.1 Å². The maximum absolute atomic E-state index is 8.76. The Kier molecular flexibility index (Phi) is 1.18. The first-order valence-corrected chi connectivity index (χ1v) is 3.46. The van der Waals surface area contributed by atoms with Gasteiger partial charge in [0.25, 0.3) is 0 Å². The second-order valence-corrected chi connectivity index (χ2v) is 2.71. The molecule has 4 heteroatoms. The molecule has 1 fully saturated rings. The van der Waals surface area contributed by atoms with E-state index in [-0.39, 0.29) is 0 Å². The van der Waals surface area contributed by atoms with Crippen LogP contribution in [-0.2, 0) is 0 Å². The first-order chi connectivity index (χ1) is 4.79. The Morgan fingerprint density at radius 1 is 1.60 bits per heavy atom. The Morgan fingerprint density at radius 2 is 2.40 bits per heavy atom. The van der Waals surface area contributed by atoms with E-state index in [0.717, 1.165) is 19.5 Å². The van der Waals surface area contributed by atoms with Crippen LogP contribution in [0.1, 0.15) is 6.42 Å². The summed E-state index contributed by atoms with van der Waals surface area (Å²) in [7, 11) is 0. The van der Waals surface area contributed by atoms with Crippen molar-refractivity contribution < 1.29 is 10.2 Å². The summed E-state index contributed by atoms with van der Waals surface area (Å²) in [5.41, 5.74) is 0. The molecule has 0 radical (unpaired) electrons. The molecule has 0 bridgehead atoms. The molecular formula is C6H10N2O2. The molecule has 1 unspecified atom stereocenters. The van der Waals surface area contributed by atoms with Crippen LogP contribution in [0.2, 0.25) is 0 Å². The van der Waals surface area contributed by atoms with Gasteiger partial charge in [-0.1, -0.05) is 0 Å². The fraction of sp³-hybridized carbons (Fsp3) is 0.833. The predicted molar refractivity (Wildman–Crippen MR) is 35.6 cm³/mol. The van der Waals surface area contributed by atoms with Crippen molar-refractivity contribution in [2.45, 2.75) is 18.8 Å². The lowest BCUT2D eigenvalue weighted by Gasteiger charge is -2.37. The predicted octanol–water partition coefficient (Wildman–Crippen LogP) is -1.22. The number of aliphatic imine (C=N–C) groups is 1. The van der Waals surface area contributed by atoms with E-state index in [9.17, 15) is 0 Å². The Labute approximate surface area is 58.8 Å². The average Bonchev–Trinajstić information content (AvgIpc) is 2.07. The van der Waals surface area contributed by atoms with Gasteiger partial charge in [0.1, 0.15) is 0 Å². The van der Waals surface area contributed by atoms with E-state index >= 15 is 0 Å². The Morgan fingerprint density at radius 3 is 2.70 bits per heavy atom. The molecule has 0 spiro atoms. The molecule has 0 saturated carbocycles. The van der Waals surface area contributed by atoms with E-state index in [1.165, 1.54) is 0 Å². The van der Waals surface area contributed by atoms with E-state index in [0.29, 0.717) is 11.9 Å². The standard InChI is InChI=1S/C6H10N2O2/c9-6(10)5-7-3-4-1-2-8(4)5/h4,6,9-10H,1-3H2. The summed E-state index contributed by atoms with van der Waals surface area (Å²) in [6, 6.07) is 0.469. The first-order valence-electron chi connectivity index (χ1n) is 3.46. The molecule has 0 aromatic heterocycles. The van der Waals surface area contributed by atoms with Gasteiger partial charge in [-0.25, -0.2) is 0 Å². The molecule has 2 N–H and O–H groups in total. The highest BCUT2D eigenvalue weighted by Crippen LogP contribution is 2.24. The summed E-state index contributed by atoms with van der Waals surface area (Å²) in [6.07, 6.45) is -0.231. The van der Waals surface area contributed by atoms with E-state index in [4.69, 9.17) is 10.2 Å². The van der Waals surface area contributed by atoms with Gasteiger partial charge in [-0.15, -0.1) is 0 Å². The van der Waals surface area contributed by atoms with Crippen LogP contribution in [0.3, 0.4) is 0 Å². The molecule has 0 aromatic rings. The lowest BCUT2D eigenvalue weighted by Crippen LogP contribution is -2.51. The van der Waals surface area contributed by atoms with Crippen LogP contribution in [0.5, 0.6) is 0 Å². The third-order valence-corrected chi connectivity index (χ3v) is 2.13. The number of rotatable bonds is 1. The maximum Gasteiger partial charge on any atom is 0.211 e. The third-order valence-electron chi connectivity index (χ3n) is 2.13. The largest absolute Gasteiger partial charge is 0.362 e. The zero-order chi connectivity index (χ0) is 7.14. The van der Waals surface area contributed by atoms with Crippen LogP contribution in [0.25, 0.3) is 0 Å². The second-order valence-electron chi connectivity index (χ2n) is 2.71. The maximum atomic E-state index is 8.76. The lowest BCUT2D eigenvalue weighted by molar-refractivity contribution is 0.00477. The van der Waals surface area contributed by atoms with Crippen molar-refractivity contribution in [2.75, 3.05) is 13.1 Å². The molecule has 56 valence electrons. The average molecular weight is 142 g/mol. The summed E-state index contributed by atoms with van der Waals surface area (Å²) >= 11 is 0. The number of aliphatic hydroxyl groups excluding tert-OH is 1. The van der Waals surface area contributed by atoms with Gasteiger partial charge >= 0.3 is 0 Å². The van der Waals surface area contributed by atoms with Crippen molar-refractivity contribution in [2.24, 2.45) is 4.99 Å². The smallest absolute Gasteiger partial charge is 0.211 e. The highest BCUT2D eigenvalue weighted by Gasteiger charge is 2.37. The highest BCUT2D eigenvalue weighted by atomic mass is 16.5. The van der Waals surface area contributed by atoms with E-state index in [1.54, 1.807) is 0 Å². The molecule has 1 saturated heterocycles. The molecule has 2 aliphatic rings. The molecule has 2 heterocycles. The lowest BCUT2D eigenvalue weighted by atomic mass is 10.1. The van der Waals surface area contributed by atoms with Gasteiger partial charge in [0, 0.05) is 6.54 Å². The Balaban J connectivity index is 2.09. The number of hydrogen-bond donors (Lipinski definition) is 2. The van der Waals surface area contributed by atoms with Crippen molar-refractivity contribution in [3.8, 4) is 0 Å². The van der Waals surface area contributed by atoms with Crippen LogP contribution < -0.4 is 0 Å². The number of aliphatic hydroxyl groups is 2. The first kappa shape index (κ1) is 6.12. The minimum atomic E-state index is -1.37. The Hall–Kier alpha value is -0.610.